The van der Waals surface area contributed by atoms with E-state index >= 15 is 0 Å². The summed E-state index contributed by atoms with van der Waals surface area (Å²) in [5, 5.41) is 9.71. The van der Waals surface area contributed by atoms with Crippen LogP contribution >= 0.6 is 0 Å². The van der Waals surface area contributed by atoms with Crippen LogP contribution in [0.5, 0.6) is 0 Å². The first-order chi connectivity index (χ1) is 5.79. The third-order valence-electron chi connectivity index (χ3n) is 3.38. The first-order valence-corrected chi connectivity index (χ1v) is 5.00. The highest BCUT2D eigenvalue weighted by atomic mass is 16.3. The Morgan fingerprint density at radius 1 is 1.17 bits per heavy atom. The van der Waals surface area contributed by atoms with Gasteiger partial charge in [0.2, 0.25) is 0 Å². The van der Waals surface area contributed by atoms with E-state index < -0.39 is 0 Å². The lowest BCUT2D eigenvalue weighted by Crippen LogP contribution is -2.27. The number of carbonyl (C=O) groups excluding carboxylic acids is 1. The number of ketones is 1. The number of aliphatic hydroxyl groups excluding tert-OH is 1. The fourth-order valence-corrected chi connectivity index (χ4v) is 2.73. The topological polar surface area (TPSA) is 37.3 Å². The minimum absolute atomic E-state index is 0.00694. The quantitative estimate of drug-likeness (QED) is 0.595. The maximum Gasteiger partial charge on any atom is 0.138 e. The van der Waals surface area contributed by atoms with Gasteiger partial charge in [-0.05, 0) is 25.2 Å². The van der Waals surface area contributed by atoms with E-state index in [4.69, 9.17) is 0 Å². The van der Waals surface area contributed by atoms with Crippen LogP contribution in [0.1, 0.15) is 38.5 Å². The van der Waals surface area contributed by atoms with Crippen molar-refractivity contribution in [2.45, 2.75) is 44.6 Å². The molecule has 0 radical (unpaired) electrons. The van der Waals surface area contributed by atoms with E-state index in [0.29, 0.717) is 18.1 Å². The normalized spacial score (nSPS) is 42.4. The van der Waals surface area contributed by atoms with E-state index in [-0.39, 0.29) is 12.0 Å². The molecule has 0 saturated heterocycles. The standard InChI is InChI=1S/C10H16O2/c11-8-4-2-1-3-7-5-6-9(12)10(7)8/h7-8,10-11H,1-6H2/t7-,8?,10-/m0/s1. The van der Waals surface area contributed by atoms with E-state index in [1.807, 2.05) is 0 Å². The average Bonchev–Trinajstić information content (AvgIpc) is 2.29. The van der Waals surface area contributed by atoms with Crippen LogP contribution in [0.4, 0.5) is 0 Å². The van der Waals surface area contributed by atoms with Gasteiger partial charge in [-0.3, -0.25) is 4.79 Å². The molecular weight excluding hydrogens is 152 g/mol. The van der Waals surface area contributed by atoms with Crippen LogP contribution in [0.15, 0.2) is 0 Å². The number of carbonyl (C=O) groups is 1. The third-order valence-corrected chi connectivity index (χ3v) is 3.38. The van der Waals surface area contributed by atoms with Crippen LogP contribution < -0.4 is 0 Å². The lowest BCUT2D eigenvalue weighted by atomic mass is 9.89. The van der Waals surface area contributed by atoms with Crippen LogP contribution in [0.25, 0.3) is 0 Å². The van der Waals surface area contributed by atoms with Crippen LogP contribution in [0.3, 0.4) is 0 Å². The van der Waals surface area contributed by atoms with Gasteiger partial charge in [0.25, 0.3) is 0 Å². The minimum atomic E-state index is -0.326. The second-order valence-electron chi connectivity index (χ2n) is 4.14. The molecule has 2 nitrogen and oxygen atoms in total. The van der Waals surface area contributed by atoms with Gasteiger partial charge >= 0.3 is 0 Å². The maximum absolute atomic E-state index is 11.4. The third kappa shape index (κ3) is 1.28. The van der Waals surface area contributed by atoms with Gasteiger partial charge in [0.1, 0.15) is 5.78 Å². The highest BCUT2D eigenvalue weighted by Gasteiger charge is 2.39. The molecule has 0 aromatic heterocycles. The molecular formula is C10H16O2. The molecule has 3 atom stereocenters. The monoisotopic (exact) mass is 168 g/mol. The summed E-state index contributed by atoms with van der Waals surface area (Å²) in [5.41, 5.74) is 0. The minimum Gasteiger partial charge on any atom is -0.392 e. The number of Topliss-reactive ketones (excluding diaryl/α,β-unsaturated/α-hetero) is 1. The number of hydrogen-bond acceptors (Lipinski definition) is 2. The molecule has 12 heavy (non-hydrogen) atoms. The molecule has 0 aromatic rings. The fourth-order valence-electron chi connectivity index (χ4n) is 2.73. The molecule has 2 aliphatic carbocycles. The lowest BCUT2D eigenvalue weighted by Gasteiger charge is -2.19. The van der Waals surface area contributed by atoms with Crippen LogP contribution in [-0.2, 0) is 4.79 Å². The van der Waals surface area contributed by atoms with Crippen molar-refractivity contribution in [1.82, 2.24) is 0 Å². The molecule has 0 aliphatic heterocycles. The van der Waals surface area contributed by atoms with Crippen molar-refractivity contribution in [3.8, 4) is 0 Å². The molecule has 1 unspecified atom stereocenters. The molecule has 2 rings (SSSR count). The number of fused-ring (bicyclic) bond motifs is 1. The van der Waals surface area contributed by atoms with Crippen LogP contribution in [-0.4, -0.2) is 17.0 Å². The second-order valence-corrected chi connectivity index (χ2v) is 4.14. The second kappa shape index (κ2) is 3.17. The summed E-state index contributed by atoms with van der Waals surface area (Å²) in [6.45, 7) is 0. The van der Waals surface area contributed by atoms with Gasteiger partial charge in [-0.15, -0.1) is 0 Å². The van der Waals surface area contributed by atoms with Crippen LogP contribution in [0, 0.1) is 11.8 Å². The fraction of sp³-hybridized carbons (Fsp3) is 0.900. The van der Waals surface area contributed by atoms with Crippen molar-refractivity contribution in [2.75, 3.05) is 0 Å². The van der Waals surface area contributed by atoms with Crippen molar-refractivity contribution in [3.05, 3.63) is 0 Å². The van der Waals surface area contributed by atoms with Gasteiger partial charge in [0, 0.05) is 12.3 Å². The predicted octanol–water partition coefficient (Wildman–Crippen LogP) is 1.52. The predicted molar refractivity (Wildman–Crippen MR) is 45.7 cm³/mol. The summed E-state index contributed by atoms with van der Waals surface area (Å²) in [7, 11) is 0. The van der Waals surface area contributed by atoms with Gasteiger partial charge in [-0.25, -0.2) is 0 Å². The summed E-state index contributed by atoms with van der Waals surface area (Å²) in [5.74, 6) is 0.830. The highest BCUT2D eigenvalue weighted by Crippen LogP contribution is 2.38. The Bertz CT molecular complexity index is 188. The van der Waals surface area contributed by atoms with Gasteiger partial charge in [-0.2, -0.15) is 0 Å². The highest BCUT2D eigenvalue weighted by molar-refractivity contribution is 5.84. The Labute approximate surface area is 73.0 Å². The Hall–Kier alpha value is -0.370. The van der Waals surface area contributed by atoms with Crippen LogP contribution in [0.2, 0.25) is 0 Å². The van der Waals surface area contributed by atoms with Gasteiger partial charge in [-0.1, -0.05) is 12.8 Å². The molecule has 1 N–H and O–H groups in total. The van der Waals surface area contributed by atoms with Gasteiger partial charge in [0.05, 0.1) is 6.10 Å². The Balaban J connectivity index is 2.14. The number of aliphatic hydroxyl groups is 1. The number of hydrogen-bond donors (Lipinski definition) is 1. The molecule has 2 heteroatoms. The van der Waals surface area contributed by atoms with E-state index in [2.05, 4.69) is 0 Å². The summed E-state index contributed by atoms with van der Waals surface area (Å²) in [4.78, 5) is 11.4. The molecule has 0 heterocycles. The van der Waals surface area contributed by atoms with Gasteiger partial charge < -0.3 is 5.11 Å². The zero-order chi connectivity index (χ0) is 8.55. The Kier molecular flexibility index (Phi) is 2.18. The summed E-state index contributed by atoms with van der Waals surface area (Å²) >= 11 is 0. The molecule has 0 bridgehead atoms. The SMILES string of the molecule is O=C1CC[C@@H]2CCCCC(O)[C@@H]12. The van der Waals surface area contributed by atoms with E-state index in [9.17, 15) is 9.90 Å². The molecule has 0 amide bonds. The molecule has 2 fully saturated rings. The van der Waals surface area contributed by atoms with Crippen molar-refractivity contribution in [2.24, 2.45) is 11.8 Å². The summed E-state index contributed by atoms with van der Waals surface area (Å²) in [6.07, 6.45) is 5.72. The van der Waals surface area contributed by atoms with E-state index in [1.54, 1.807) is 0 Å². The smallest absolute Gasteiger partial charge is 0.138 e. The molecule has 2 aliphatic rings. The Morgan fingerprint density at radius 3 is 2.75 bits per heavy atom. The average molecular weight is 168 g/mol. The number of rotatable bonds is 0. The lowest BCUT2D eigenvalue weighted by molar-refractivity contribution is -0.124. The first-order valence-electron chi connectivity index (χ1n) is 5.00. The van der Waals surface area contributed by atoms with Crippen molar-refractivity contribution in [3.63, 3.8) is 0 Å². The molecule has 0 aromatic carbocycles. The van der Waals surface area contributed by atoms with E-state index in [0.717, 1.165) is 25.7 Å². The molecule has 2 saturated carbocycles. The molecule has 68 valence electrons. The zero-order valence-corrected chi connectivity index (χ0v) is 7.33. The van der Waals surface area contributed by atoms with Crippen molar-refractivity contribution < 1.29 is 9.90 Å². The van der Waals surface area contributed by atoms with Crippen molar-refractivity contribution in [1.29, 1.82) is 0 Å². The summed E-state index contributed by atoms with van der Waals surface area (Å²) < 4.78 is 0. The first kappa shape index (κ1) is 8.24. The van der Waals surface area contributed by atoms with Crippen molar-refractivity contribution >= 4 is 5.78 Å². The maximum atomic E-state index is 11.4. The van der Waals surface area contributed by atoms with E-state index in [1.165, 1.54) is 6.42 Å². The van der Waals surface area contributed by atoms with Gasteiger partial charge in [0.15, 0.2) is 0 Å². The summed E-state index contributed by atoms with van der Waals surface area (Å²) in [6, 6.07) is 0. The molecule has 0 spiro atoms. The largest absolute Gasteiger partial charge is 0.392 e. The zero-order valence-electron chi connectivity index (χ0n) is 7.33. The Morgan fingerprint density at radius 2 is 1.92 bits per heavy atom.